The maximum Gasteiger partial charge on any atom is 0.418 e. The topological polar surface area (TPSA) is 119 Å². The Hall–Kier alpha value is -3.03. The summed E-state index contributed by atoms with van der Waals surface area (Å²) in [6.07, 6.45) is -1.57. The van der Waals surface area contributed by atoms with E-state index in [1.54, 1.807) is 6.92 Å². The zero-order chi connectivity index (χ0) is 24.3. The number of halogens is 5. The molecule has 2 N–H and O–H groups in total. The molecule has 33 heavy (non-hydrogen) atoms. The van der Waals surface area contributed by atoms with Crippen LogP contribution in [0.15, 0.2) is 24.8 Å². The van der Waals surface area contributed by atoms with Gasteiger partial charge in [0.05, 0.1) is 29.9 Å². The van der Waals surface area contributed by atoms with Crippen molar-refractivity contribution in [2.24, 2.45) is 0 Å². The molecule has 0 aliphatic heterocycles. The van der Waals surface area contributed by atoms with Gasteiger partial charge in [-0.25, -0.2) is 19.9 Å². The van der Waals surface area contributed by atoms with Crippen LogP contribution in [-0.2, 0) is 6.18 Å². The number of aromatic nitrogens is 4. The van der Waals surface area contributed by atoms with Crippen LogP contribution in [0.5, 0.6) is 5.88 Å². The molecule has 174 valence electrons. The van der Waals surface area contributed by atoms with Gasteiger partial charge < -0.3 is 15.4 Å². The van der Waals surface area contributed by atoms with Gasteiger partial charge in [-0.05, 0) is 13.0 Å². The highest BCUT2D eigenvalue weighted by Gasteiger charge is 2.34. The zero-order valence-corrected chi connectivity index (χ0v) is 19.0. The Kier molecular flexibility index (Phi) is 7.34. The molecule has 0 fully saturated rings. The van der Waals surface area contributed by atoms with Crippen molar-refractivity contribution >= 4 is 52.2 Å². The lowest BCUT2D eigenvalue weighted by molar-refractivity contribution is -0.137. The normalized spacial score (nSPS) is 12.2. The smallest absolute Gasteiger partial charge is 0.418 e. The Morgan fingerprint density at radius 1 is 1.12 bits per heavy atom. The van der Waals surface area contributed by atoms with E-state index in [9.17, 15) is 22.8 Å². The SMILES string of the molecule is COc1ncnc(C(=O)N[C@@H](C)c2ncc(C(=O)Nc3cc(C(F)(F)F)c(Cl)cn3)s2)c1Cl. The van der Waals surface area contributed by atoms with E-state index in [1.807, 2.05) is 0 Å². The lowest BCUT2D eigenvalue weighted by Gasteiger charge is -2.12. The van der Waals surface area contributed by atoms with Gasteiger partial charge in [0.15, 0.2) is 5.69 Å². The van der Waals surface area contributed by atoms with E-state index in [2.05, 4.69) is 30.6 Å². The molecule has 3 aromatic heterocycles. The molecule has 0 aromatic carbocycles. The van der Waals surface area contributed by atoms with Gasteiger partial charge >= 0.3 is 6.18 Å². The minimum atomic E-state index is -4.71. The van der Waals surface area contributed by atoms with Crippen molar-refractivity contribution in [2.45, 2.75) is 19.1 Å². The van der Waals surface area contributed by atoms with Crippen LogP contribution in [0.3, 0.4) is 0 Å². The van der Waals surface area contributed by atoms with E-state index in [0.29, 0.717) is 11.1 Å². The van der Waals surface area contributed by atoms with Crippen LogP contribution in [0, 0.1) is 0 Å². The van der Waals surface area contributed by atoms with E-state index in [-0.39, 0.29) is 27.3 Å². The number of amides is 2. The minimum Gasteiger partial charge on any atom is -0.480 e. The second-order valence-electron chi connectivity index (χ2n) is 6.30. The third-order valence-electron chi connectivity index (χ3n) is 4.03. The number of hydrogen-bond acceptors (Lipinski definition) is 8. The highest BCUT2D eigenvalue weighted by molar-refractivity contribution is 7.13. The Morgan fingerprint density at radius 3 is 2.52 bits per heavy atom. The van der Waals surface area contributed by atoms with Crippen LogP contribution >= 0.6 is 34.5 Å². The van der Waals surface area contributed by atoms with Gasteiger partial charge in [0, 0.05) is 6.20 Å². The summed E-state index contributed by atoms with van der Waals surface area (Å²) in [5.74, 6) is -1.66. The summed E-state index contributed by atoms with van der Waals surface area (Å²) >= 11 is 12.5. The number of pyridine rings is 1. The fourth-order valence-corrected chi connectivity index (χ4v) is 3.76. The van der Waals surface area contributed by atoms with Gasteiger partial charge in [0.2, 0.25) is 5.88 Å². The second kappa shape index (κ2) is 9.85. The first-order valence-corrected chi connectivity index (χ1v) is 10.4. The highest BCUT2D eigenvalue weighted by Crippen LogP contribution is 2.35. The van der Waals surface area contributed by atoms with Crippen LogP contribution in [0.25, 0.3) is 0 Å². The van der Waals surface area contributed by atoms with Crippen molar-refractivity contribution in [2.75, 3.05) is 12.4 Å². The molecule has 3 aromatic rings. The lowest BCUT2D eigenvalue weighted by Crippen LogP contribution is -2.27. The monoisotopic (exact) mass is 520 g/mol. The molecule has 0 unspecified atom stereocenters. The second-order valence-corrected chi connectivity index (χ2v) is 8.15. The van der Waals surface area contributed by atoms with Crippen LogP contribution in [0.4, 0.5) is 19.0 Å². The quantitative estimate of drug-likeness (QED) is 0.494. The molecule has 3 rings (SSSR count). The number of hydrogen-bond donors (Lipinski definition) is 2. The number of ether oxygens (including phenoxy) is 1. The van der Waals surface area contributed by atoms with Gasteiger partial charge in [-0.1, -0.05) is 23.2 Å². The molecule has 0 aliphatic carbocycles. The average Bonchev–Trinajstić information content (AvgIpc) is 3.25. The standard InChI is InChI=1S/C18H13Cl2F3N6O3S/c1-7(28-15(31)13-12(20)16(32-2)27-6-26-13)17-25-5-10(33-17)14(30)29-11-3-8(18(21,22)23)9(19)4-24-11/h3-7H,1-2H3,(H,28,31)(H,24,29,30)/t7-/m0/s1. The van der Waals surface area contributed by atoms with Crippen molar-refractivity contribution < 1.29 is 27.5 Å². The van der Waals surface area contributed by atoms with Crippen molar-refractivity contribution in [3.05, 3.63) is 56.0 Å². The maximum absolute atomic E-state index is 13.0. The van der Waals surface area contributed by atoms with Crippen molar-refractivity contribution in [3.8, 4) is 5.88 Å². The molecular formula is C18H13Cl2F3N6O3S. The highest BCUT2D eigenvalue weighted by atomic mass is 35.5. The van der Waals surface area contributed by atoms with Crippen LogP contribution in [0.2, 0.25) is 10.0 Å². The molecule has 3 heterocycles. The Balaban J connectivity index is 1.70. The Bertz CT molecular complexity index is 1210. The van der Waals surface area contributed by atoms with E-state index >= 15 is 0 Å². The van der Waals surface area contributed by atoms with Gasteiger partial charge in [0.25, 0.3) is 11.8 Å². The summed E-state index contributed by atoms with van der Waals surface area (Å²) in [5.41, 5.74) is -1.24. The summed E-state index contributed by atoms with van der Waals surface area (Å²) in [5, 5.41) is 4.58. The number of nitrogens with zero attached hydrogens (tertiary/aromatic N) is 4. The summed E-state index contributed by atoms with van der Waals surface area (Å²) in [6.45, 7) is 1.61. The minimum absolute atomic E-state index is 0.0298. The molecule has 0 spiro atoms. The number of alkyl halides is 3. The number of methoxy groups -OCH3 is 1. The summed E-state index contributed by atoms with van der Waals surface area (Å²) in [7, 11) is 1.34. The first-order valence-electron chi connectivity index (χ1n) is 8.86. The van der Waals surface area contributed by atoms with Crippen LogP contribution in [0.1, 0.15) is 43.7 Å². The first kappa shape index (κ1) is 24.6. The van der Waals surface area contributed by atoms with E-state index < -0.39 is 34.6 Å². The third-order valence-corrected chi connectivity index (χ3v) is 5.85. The Morgan fingerprint density at radius 2 is 1.85 bits per heavy atom. The molecular weight excluding hydrogens is 508 g/mol. The number of anilines is 1. The number of carbonyl (C=O) groups is 2. The molecule has 0 saturated carbocycles. The van der Waals surface area contributed by atoms with Gasteiger partial charge in [0.1, 0.15) is 27.1 Å². The molecule has 0 saturated heterocycles. The average molecular weight is 521 g/mol. The first-order chi connectivity index (χ1) is 15.5. The molecule has 2 amide bonds. The fourth-order valence-electron chi connectivity index (χ4n) is 2.48. The van der Waals surface area contributed by atoms with Gasteiger partial charge in [-0.3, -0.25) is 9.59 Å². The Labute approximate surface area is 198 Å². The van der Waals surface area contributed by atoms with Gasteiger partial charge in [-0.2, -0.15) is 13.2 Å². The number of carbonyl (C=O) groups excluding carboxylic acids is 2. The molecule has 0 radical (unpaired) electrons. The van der Waals surface area contributed by atoms with Gasteiger partial charge in [-0.15, -0.1) is 11.3 Å². The van der Waals surface area contributed by atoms with Crippen molar-refractivity contribution in [1.82, 2.24) is 25.3 Å². The largest absolute Gasteiger partial charge is 0.480 e. The number of rotatable bonds is 6. The summed E-state index contributed by atoms with van der Waals surface area (Å²) in [4.78, 5) is 40.4. The predicted molar refractivity (Wildman–Crippen MR) is 114 cm³/mol. The van der Waals surface area contributed by atoms with Crippen LogP contribution in [-0.4, -0.2) is 38.9 Å². The summed E-state index contributed by atoms with van der Waals surface area (Å²) < 4.78 is 43.9. The molecule has 1 atom stereocenters. The van der Waals surface area contributed by atoms with Crippen LogP contribution < -0.4 is 15.4 Å². The predicted octanol–water partition coefficient (Wildman–Crippen LogP) is 4.41. The summed E-state index contributed by atoms with van der Waals surface area (Å²) in [6, 6.07) is -0.0170. The van der Waals surface area contributed by atoms with Crippen molar-refractivity contribution in [1.29, 1.82) is 0 Å². The van der Waals surface area contributed by atoms with E-state index in [4.69, 9.17) is 27.9 Å². The van der Waals surface area contributed by atoms with E-state index in [0.717, 1.165) is 23.9 Å². The third kappa shape index (κ3) is 5.67. The van der Waals surface area contributed by atoms with Crippen molar-refractivity contribution in [3.63, 3.8) is 0 Å². The number of nitrogens with one attached hydrogen (secondary N) is 2. The number of thiazole rings is 1. The van der Waals surface area contributed by atoms with E-state index in [1.165, 1.54) is 13.3 Å². The molecule has 15 heteroatoms. The molecule has 0 bridgehead atoms. The lowest BCUT2D eigenvalue weighted by atomic mass is 10.2. The molecule has 0 aliphatic rings. The fraction of sp³-hybridized carbons (Fsp3) is 0.222. The maximum atomic E-state index is 13.0. The molecule has 9 nitrogen and oxygen atoms in total. The zero-order valence-electron chi connectivity index (χ0n) is 16.7.